The molecule has 3 aliphatic carbocycles. The monoisotopic (exact) mass is 594 g/mol. The minimum absolute atomic E-state index is 0.0243. The molecule has 43 heavy (non-hydrogen) atoms. The predicted octanol–water partition coefficient (Wildman–Crippen LogP) is 0.362. The molecule has 2 unspecified atom stereocenters. The molecule has 11 nitrogen and oxygen atoms in total. The number of nitrogens with one attached hydrogen (secondary N) is 1. The van der Waals surface area contributed by atoms with Gasteiger partial charge < -0.3 is 26.2 Å². The van der Waals surface area contributed by atoms with Gasteiger partial charge >= 0.3 is 0 Å². The normalized spacial score (nSPS) is 28.4. The van der Waals surface area contributed by atoms with Crippen molar-refractivity contribution in [3.05, 3.63) is 58.4 Å². The van der Waals surface area contributed by atoms with Crippen LogP contribution in [0.4, 0.5) is 10.1 Å². The van der Waals surface area contributed by atoms with E-state index in [2.05, 4.69) is 5.32 Å². The lowest BCUT2D eigenvalue weighted by Crippen LogP contribution is -2.74. The van der Waals surface area contributed by atoms with Gasteiger partial charge in [-0.3, -0.25) is 28.9 Å². The van der Waals surface area contributed by atoms with Gasteiger partial charge in [0.2, 0.25) is 5.91 Å². The summed E-state index contributed by atoms with van der Waals surface area (Å²) in [4.78, 5) is 70.2. The molecule has 2 saturated carbocycles. The lowest BCUT2D eigenvalue weighted by molar-refractivity contribution is -0.181. The number of carbonyl (C=O) groups is 5. The average molecular weight is 595 g/mol. The van der Waals surface area contributed by atoms with Crippen molar-refractivity contribution in [2.24, 2.45) is 29.4 Å². The van der Waals surface area contributed by atoms with E-state index in [1.807, 2.05) is 0 Å². The van der Waals surface area contributed by atoms with E-state index in [-0.39, 0.29) is 43.1 Å². The van der Waals surface area contributed by atoms with Crippen LogP contribution in [0.25, 0.3) is 0 Å². The van der Waals surface area contributed by atoms with Crippen molar-refractivity contribution in [1.82, 2.24) is 10.2 Å². The van der Waals surface area contributed by atoms with Gasteiger partial charge in [-0.25, -0.2) is 4.39 Å². The third-order valence-electron chi connectivity index (χ3n) is 9.19. The van der Waals surface area contributed by atoms with Crippen LogP contribution in [0.3, 0.4) is 0 Å². The van der Waals surface area contributed by atoms with Crippen molar-refractivity contribution in [3.63, 3.8) is 0 Å². The topological polar surface area (TPSA) is 170 Å². The number of ketones is 4. The number of hydrogen-bond acceptors (Lipinski definition) is 10. The van der Waals surface area contributed by atoms with Gasteiger partial charge in [0.15, 0.2) is 34.7 Å². The summed E-state index contributed by atoms with van der Waals surface area (Å²) in [6, 6.07) is 6.81. The second-order valence-electron chi connectivity index (χ2n) is 12.1. The van der Waals surface area contributed by atoms with E-state index in [4.69, 9.17) is 5.73 Å². The molecule has 12 heteroatoms. The Labute approximate surface area is 247 Å². The molecule has 0 saturated heterocycles. The maximum absolute atomic E-state index is 14.1. The van der Waals surface area contributed by atoms with E-state index >= 15 is 0 Å². The summed E-state index contributed by atoms with van der Waals surface area (Å²) in [5.74, 6) is -11.3. The van der Waals surface area contributed by atoms with Gasteiger partial charge in [0.25, 0.3) is 0 Å². The van der Waals surface area contributed by atoms with Crippen LogP contribution in [0, 0.1) is 29.5 Å². The molecule has 2 aromatic rings. The molecule has 5 rings (SSSR count). The fourth-order valence-corrected chi connectivity index (χ4v) is 7.21. The summed E-state index contributed by atoms with van der Waals surface area (Å²) in [6.45, 7) is 0.224. The number of benzene rings is 2. The SMILES string of the molecule is CN(C)c1cc(CNCc2ccccc2F)c(O)c2c1C[C@H]1C[C@H]3[C@H](N(C)C)C(=O)C(C(N)=O)C(=O)[C@@]3(O)C(=O)C1C2=O. The molecular weight excluding hydrogens is 559 g/mol. The van der Waals surface area contributed by atoms with Crippen molar-refractivity contribution >= 4 is 34.7 Å². The zero-order valence-corrected chi connectivity index (χ0v) is 24.4. The number of amides is 1. The van der Waals surface area contributed by atoms with Gasteiger partial charge in [-0.15, -0.1) is 0 Å². The number of Topliss-reactive ketones (excluding diaryl/α,β-unsaturated/α-hetero) is 4. The number of primary amides is 1. The Hall–Kier alpha value is -4.00. The first-order chi connectivity index (χ1) is 20.2. The molecule has 2 aromatic carbocycles. The van der Waals surface area contributed by atoms with Crippen LogP contribution in [0.15, 0.2) is 30.3 Å². The Balaban J connectivity index is 1.55. The van der Waals surface area contributed by atoms with Crippen molar-refractivity contribution < 1.29 is 38.6 Å². The number of fused-ring (bicyclic) bond motifs is 3. The largest absolute Gasteiger partial charge is 0.507 e. The molecule has 0 radical (unpaired) electrons. The van der Waals surface area contributed by atoms with Crippen LogP contribution in [0.1, 0.15) is 33.5 Å². The number of anilines is 1. The zero-order valence-electron chi connectivity index (χ0n) is 24.4. The quantitative estimate of drug-likeness (QED) is 0.328. The van der Waals surface area contributed by atoms with E-state index in [0.717, 1.165) is 0 Å². The summed E-state index contributed by atoms with van der Waals surface area (Å²) in [6.07, 6.45) is 0.138. The Morgan fingerprint density at radius 1 is 1.07 bits per heavy atom. The highest BCUT2D eigenvalue weighted by atomic mass is 19.1. The van der Waals surface area contributed by atoms with Crippen LogP contribution in [-0.4, -0.2) is 84.0 Å². The number of aromatic hydroxyl groups is 1. The zero-order chi connectivity index (χ0) is 31.5. The van der Waals surface area contributed by atoms with Crippen LogP contribution in [0.2, 0.25) is 0 Å². The molecule has 2 fully saturated rings. The molecule has 228 valence electrons. The second-order valence-corrected chi connectivity index (χ2v) is 12.1. The molecule has 0 heterocycles. The number of phenolic OH excluding ortho intramolecular Hbond substituents is 1. The Bertz CT molecular complexity index is 1560. The summed E-state index contributed by atoms with van der Waals surface area (Å²) < 4.78 is 14.1. The highest BCUT2D eigenvalue weighted by Gasteiger charge is 2.69. The third kappa shape index (κ3) is 4.64. The van der Waals surface area contributed by atoms with Crippen LogP contribution in [-0.2, 0) is 38.7 Å². The van der Waals surface area contributed by atoms with E-state index in [9.17, 15) is 38.6 Å². The second kappa shape index (κ2) is 10.9. The van der Waals surface area contributed by atoms with E-state index in [1.165, 1.54) is 11.0 Å². The summed E-state index contributed by atoms with van der Waals surface area (Å²) in [5, 5.41) is 26.2. The van der Waals surface area contributed by atoms with Gasteiger partial charge in [-0.1, -0.05) is 18.2 Å². The molecule has 0 spiro atoms. The number of aliphatic hydroxyl groups is 1. The number of rotatable bonds is 7. The fourth-order valence-electron chi connectivity index (χ4n) is 7.21. The molecule has 0 aromatic heterocycles. The Morgan fingerprint density at radius 3 is 2.33 bits per heavy atom. The molecule has 3 aliphatic rings. The lowest BCUT2D eigenvalue weighted by Gasteiger charge is -2.52. The first-order valence-electron chi connectivity index (χ1n) is 14.1. The standard InChI is InChI=1S/C31H35FN4O7/c1-35(2)20-11-16(13-34-12-14-7-5-6-8-19(14)32)25(37)22-17(20)9-15-10-18-24(36(3)4)27(39)23(30(33)42)29(41)31(18,43)28(40)21(15)26(22)38/h5-8,11,15,18,21,23-24,34,37,43H,9-10,12-13H2,1-4H3,(H2,33,42)/t15-,18-,21?,23?,24-,31-/m0/s1. The van der Waals surface area contributed by atoms with Gasteiger partial charge in [-0.2, -0.15) is 0 Å². The highest BCUT2D eigenvalue weighted by molar-refractivity contribution is 6.32. The predicted molar refractivity (Wildman–Crippen MR) is 153 cm³/mol. The molecule has 0 aliphatic heterocycles. The molecule has 0 bridgehead atoms. The van der Waals surface area contributed by atoms with Crippen LogP contribution in [0.5, 0.6) is 5.75 Å². The smallest absolute Gasteiger partial charge is 0.235 e. The number of halogens is 1. The first kappa shape index (κ1) is 30.5. The van der Waals surface area contributed by atoms with E-state index in [1.54, 1.807) is 57.4 Å². The summed E-state index contributed by atoms with van der Waals surface area (Å²) in [7, 11) is 6.63. The van der Waals surface area contributed by atoms with Gasteiger partial charge in [-0.05, 0) is 50.6 Å². The van der Waals surface area contributed by atoms with Crippen LogP contribution < -0.4 is 16.0 Å². The fraction of sp³-hybridized carbons (Fsp3) is 0.452. The third-order valence-corrected chi connectivity index (χ3v) is 9.19. The molecule has 5 N–H and O–H groups in total. The molecular formula is C31H35FN4O7. The number of hydrogen-bond donors (Lipinski definition) is 4. The maximum Gasteiger partial charge on any atom is 0.235 e. The number of nitrogens with zero attached hydrogens (tertiary/aromatic N) is 2. The average Bonchev–Trinajstić information content (AvgIpc) is 2.92. The van der Waals surface area contributed by atoms with E-state index < -0.39 is 64.4 Å². The van der Waals surface area contributed by atoms with E-state index in [0.29, 0.717) is 22.4 Å². The Morgan fingerprint density at radius 2 is 1.72 bits per heavy atom. The minimum atomic E-state index is -2.78. The minimum Gasteiger partial charge on any atom is -0.507 e. The number of likely N-dealkylation sites (N-methyl/N-ethyl adjacent to an activating group) is 1. The van der Waals surface area contributed by atoms with Crippen molar-refractivity contribution in [2.45, 2.75) is 37.6 Å². The molecule has 6 atom stereocenters. The van der Waals surface area contributed by atoms with Gasteiger partial charge in [0, 0.05) is 49.9 Å². The Kier molecular flexibility index (Phi) is 7.74. The summed E-state index contributed by atoms with van der Waals surface area (Å²) >= 11 is 0. The number of phenols is 1. The van der Waals surface area contributed by atoms with Gasteiger partial charge in [0.05, 0.1) is 17.5 Å². The molecule has 1 amide bonds. The van der Waals surface area contributed by atoms with Crippen molar-refractivity contribution in [2.75, 3.05) is 33.1 Å². The highest BCUT2D eigenvalue weighted by Crippen LogP contribution is 2.52. The summed E-state index contributed by atoms with van der Waals surface area (Å²) in [5.41, 5.74) is 4.40. The van der Waals surface area contributed by atoms with Crippen molar-refractivity contribution in [3.8, 4) is 5.75 Å². The number of nitrogens with two attached hydrogens (primary N) is 1. The maximum atomic E-state index is 14.1. The number of carbonyl (C=O) groups excluding carboxylic acids is 5. The van der Waals surface area contributed by atoms with Crippen molar-refractivity contribution in [1.29, 1.82) is 0 Å². The lowest BCUT2D eigenvalue weighted by atomic mass is 9.52. The van der Waals surface area contributed by atoms with Crippen LogP contribution >= 0.6 is 0 Å². The van der Waals surface area contributed by atoms with Gasteiger partial charge in [0.1, 0.15) is 11.6 Å². The first-order valence-corrected chi connectivity index (χ1v) is 14.1.